The Morgan fingerprint density at radius 3 is 2.23 bits per heavy atom. The van der Waals surface area contributed by atoms with Gasteiger partial charge in [0.1, 0.15) is 5.75 Å². The van der Waals surface area contributed by atoms with Gasteiger partial charge in [-0.2, -0.15) is 0 Å². The van der Waals surface area contributed by atoms with Crippen molar-refractivity contribution < 1.29 is 9.35 Å². The Labute approximate surface area is 83.7 Å². The maximum atomic E-state index is 11.6. The third kappa shape index (κ3) is 4.52. The molecule has 0 radical (unpaired) electrons. The third-order valence-electron chi connectivity index (χ3n) is 2.03. The Kier molecular flexibility index (Phi) is 5.40. The average molecular weight is 205 g/mol. The quantitative estimate of drug-likeness (QED) is 0.639. The van der Waals surface area contributed by atoms with E-state index in [0.29, 0.717) is 5.75 Å². The first kappa shape index (κ1) is 12.8. The first-order chi connectivity index (χ1) is 5.86. The van der Waals surface area contributed by atoms with Crippen LogP contribution in [-0.4, -0.2) is 40.5 Å². The van der Waals surface area contributed by atoms with Gasteiger partial charge in [0, 0.05) is 13.1 Å². The van der Waals surface area contributed by atoms with Gasteiger partial charge in [-0.3, -0.25) is 4.79 Å². The number of hydrogen-bond acceptors (Lipinski definition) is 2. The zero-order chi connectivity index (χ0) is 10.6. The van der Waals surface area contributed by atoms with Gasteiger partial charge in [0.25, 0.3) is 0 Å². The van der Waals surface area contributed by atoms with E-state index in [1.807, 2.05) is 20.8 Å². The molecule has 0 aliphatic rings. The van der Waals surface area contributed by atoms with Crippen LogP contribution in [0.5, 0.6) is 0 Å². The van der Waals surface area contributed by atoms with E-state index in [9.17, 15) is 9.35 Å². The van der Waals surface area contributed by atoms with Crippen molar-refractivity contribution in [3.8, 4) is 0 Å². The second kappa shape index (κ2) is 5.50. The number of nitrogens with zero attached hydrogens (tertiary/aromatic N) is 1. The fraction of sp³-hybridized carbons (Fsp3) is 0.889. The van der Waals surface area contributed by atoms with E-state index in [0.717, 1.165) is 0 Å². The number of carbonyl (C=O) groups is 1. The molecule has 0 spiro atoms. The monoisotopic (exact) mass is 205 g/mol. The number of hydrogen-bond donors (Lipinski definition) is 0. The lowest BCUT2D eigenvalue weighted by Gasteiger charge is -2.24. The van der Waals surface area contributed by atoms with Gasteiger partial charge >= 0.3 is 0 Å². The minimum absolute atomic E-state index is 0.0743. The molecule has 1 amide bonds. The summed E-state index contributed by atoms with van der Waals surface area (Å²) in [4.78, 5) is 13.3. The van der Waals surface area contributed by atoms with Crippen molar-refractivity contribution in [1.82, 2.24) is 4.90 Å². The SMILES string of the molecule is CC(C[S+](C)[O-])C(=O)N(C)C(C)C. The molecular weight excluding hydrogens is 186 g/mol. The zero-order valence-corrected chi connectivity index (χ0v) is 9.85. The second-order valence-corrected chi connectivity index (χ2v) is 5.16. The molecule has 0 aliphatic heterocycles. The fourth-order valence-electron chi connectivity index (χ4n) is 1.03. The number of amides is 1. The standard InChI is InChI=1S/C9H19NO2S/c1-7(2)10(4)9(11)8(3)6-13(5)12/h7-8H,6H2,1-5H3. The lowest BCUT2D eigenvalue weighted by atomic mass is 10.1. The van der Waals surface area contributed by atoms with Gasteiger partial charge in [0.2, 0.25) is 5.91 Å². The summed E-state index contributed by atoms with van der Waals surface area (Å²) in [6, 6.07) is 0.209. The van der Waals surface area contributed by atoms with Gasteiger partial charge < -0.3 is 9.45 Å². The molecule has 3 nitrogen and oxygen atoms in total. The minimum Gasteiger partial charge on any atom is -0.617 e. The lowest BCUT2D eigenvalue weighted by molar-refractivity contribution is -0.134. The minimum atomic E-state index is -0.894. The van der Waals surface area contributed by atoms with Crippen LogP contribution >= 0.6 is 0 Å². The van der Waals surface area contributed by atoms with Crippen LogP contribution in [-0.2, 0) is 16.0 Å². The maximum absolute atomic E-state index is 11.6. The molecular formula is C9H19NO2S. The van der Waals surface area contributed by atoms with Gasteiger partial charge in [-0.05, 0) is 20.8 Å². The van der Waals surface area contributed by atoms with E-state index < -0.39 is 11.2 Å². The second-order valence-electron chi connectivity index (χ2n) is 3.68. The van der Waals surface area contributed by atoms with Gasteiger partial charge in [-0.15, -0.1) is 0 Å². The fourth-order valence-corrected chi connectivity index (χ4v) is 1.87. The van der Waals surface area contributed by atoms with Crippen LogP contribution in [0.25, 0.3) is 0 Å². The van der Waals surface area contributed by atoms with Gasteiger partial charge in [0.05, 0.1) is 12.2 Å². The molecule has 0 saturated heterocycles. The highest BCUT2D eigenvalue weighted by Crippen LogP contribution is 2.06. The molecule has 0 saturated carbocycles. The lowest BCUT2D eigenvalue weighted by Crippen LogP contribution is -2.38. The Balaban J connectivity index is 4.09. The third-order valence-corrected chi connectivity index (χ3v) is 3.00. The Morgan fingerprint density at radius 2 is 1.92 bits per heavy atom. The summed E-state index contributed by atoms with van der Waals surface area (Å²) in [6.45, 7) is 5.75. The predicted octanol–water partition coefficient (Wildman–Crippen LogP) is 0.868. The van der Waals surface area contributed by atoms with Gasteiger partial charge in [-0.1, -0.05) is 11.2 Å². The summed E-state index contributed by atoms with van der Waals surface area (Å²) >= 11 is -0.894. The molecule has 0 N–H and O–H groups in total. The first-order valence-corrected chi connectivity index (χ1v) is 6.15. The highest BCUT2D eigenvalue weighted by Gasteiger charge is 2.22. The van der Waals surface area contributed by atoms with E-state index in [2.05, 4.69) is 0 Å². The summed E-state index contributed by atoms with van der Waals surface area (Å²) in [5, 5.41) is 0. The van der Waals surface area contributed by atoms with Crippen molar-refractivity contribution in [3.05, 3.63) is 0 Å². The predicted molar refractivity (Wildman–Crippen MR) is 56.0 cm³/mol. The average Bonchev–Trinajstić information content (AvgIpc) is 2.00. The zero-order valence-electron chi connectivity index (χ0n) is 9.03. The number of rotatable bonds is 4. The number of carbonyl (C=O) groups excluding carboxylic acids is 1. The van der Waals surface area contributed by atoms with E-state index in [-0.39, 0.29) is 17.9 Å². The molecule has 2 atom stereocenters. The Hall–Kier alpha value is -0.220. The van der Waals surface area contributed by atoms with Crippen molar-refractivity contribution in [1.29, 1.82) is 0 Å². The van der Waals surface area contributed by atoms with Crippen LogP contribution in [0.15, 0.2) is 0 Å². The smallest absolute Gasteiger partial charge is 0.230 e. The highest BCUT2D eigenvalue weighted by atomic mass is 32.2. The summed E-state index contributed by atoms with van der Waals surface area (Å²) in [5.74, 6) is 0.388. The maximum Gasteiger partial charge on any atom is 0.230 e. The van der Waals surface area contributed by atoms with Gasteiger partial charge in [0.15, 0.2) is 0 Å². The molecule has 78 valence electrons. The molecule has 0 bridgehead atoms. The molecule has 0 fully saturated rings. The first-order valence-electron chi connectivity index (χ1n) is 4.43. The molecule has 0 aromatic heterocycles. The Bertz CT molecular complexity index is 171. The molecule has 0 rings (SSSR count). The topological polar surface area (TPSA) is 43.4 Å². The van der Waals surface area contributed by atoms with Crippen LogP contribution < -0.4 is 0 Å². The molecule has 4 heteroatoms. The molecule has 0 heterocycles. The Morgan fingerprint density at radius 1 is 1.46 bits per heavy atom. The van der Waals surface area contributed by atoms with E-state index in [1.165, 1.54) is 0 Å². The molecule has 13 heavy (non-hydrogen) atoms. The largest absolute Gasteiger partial charge is 0.617 e. The summed E-state index contributed by atoms with van der Waals surface area (Å²) in [6.07, 6.45) is 1.62. The van der Waals surface area contributed by atoms with Gasteiger partial charge in [-0.25, -0.2) is 0 Å². The van der Waals surface area contributed by atoms with Crippen LogP contribution in [0, 0.1) is 5.92 Å². The summed E-state index contributed by atoms with van der Waals surface area (Å²) in [5.41, 5.74) is 0. The molecule has 2 unspecified atom stereocenters. The van der Waals surface area contributed by atoms with E-state index >= 15 is 0 Å². The highest BCUT2D eigenvalue weighted by molar-refractivity contribution is 7.90. The molecule has 0 aliphatic carbocycles. The van der Waals surface area contributed by atoms with Crippen molar-refractivity contribution in [3.63, 3.8) is 0 Å². The van der Waals surface area contributed by atoms with Crippen LogP contribution in [0.3, 0.4) is 0 Å². The van der Waals surface area contributed by atoms with Crippen molar-refractivity contribution in [2.75, 3.05) is 19.1 Å². The van der Waals surface area contributed by atoms with Crippen LogP contribution in [0.1, 0.15) is 20.8 Å². The van der Waals surface area contributed by atoms with Crippen molar-refractivity contribution >= 4 is 17.1 Å². The normalized spacial score (nSPS) is 15.6. The van der Waals surface area contributed by atoms with Crippen molar-refractivity contribution in [2.45, 2.75) is 26.8 Å². The summed E-state index contributed by atoms with van der Waals surface area (Å²) < 4.78 is 10.9. The molecule has 0 aromatic carbocycles. The molecule has 0 aromatic rings. The van der Waals surface area contributed by atoms with Crippen molar-refractivity contribution in [2.24, 2.45) is 5.92 Å². The summed E-state index contributed by atoms with van der Waals surface area (Å²) in [7, 11) is 1.78. The van der Waals surface area contributed by atoms with Crippen LogP contribution in [0.4, 0.5) is 0 Å². The van der Waals surface area contributed by atoms with E-state index in [1.54, 1.807) is 18.2 Å². The van der Waals surface area contributed by atoms with E-state index in [4.69, 9.17) is 0 Å². The van der Waals surface area contributed by atoms with Crippen LogP contribution in [0.2, 0.25) is 0 Å².